The molecule has 1 aliphatic heterocycles. The number of aromatic hydroxyl groups is 1. The molecular weight excluding hydrogens is 304 g/mol. The molecular formula is C16H27ClN2O3. The standard InChI is InChI=1S/C16H26N2O3.ClH/c1-16(2,11-19)15(18-9-7-17-8-10-18)12-5-4-6-13(21-3)14(12)20;/h4-6,15,17,19-20H,7-11H2,1-3H3;1H/t15-;/m1./s1. The molecule has 0 bridgehead atoms. The van der Waals surface area contributed by atoms with E-state index in [1.54, 1.807) is 13.2 Å². The van der Waals surface area contributed by atoms with Crippen molar-refractivity contribution >= 4 is 12.4 Å². The Morgan fingerprint density at radius 2 is 1.95 bits per heavy atom. The van der Waals surface area contributed by atoms with Crippen molar-refractivity contribution in [2.45, 2.75) is 19.9 Å². The number of piperazine rings is 1. The highest BCUT2D eigenvalue weighted by molar-refractivity contribution is 5.85. The normalized spacial score (nSPS) is 17.6. The van der Waals surface area contributed by atoms with Gasteiger partial charge in [0.25, 0.3) is 0 Å². The van der Waals surface area contributed by atoms with Gasteiger partial charge in [-0.3, -0.25) is 4.90 Å². The van der Waals surface area contributed by atoms with Crippen LogP contribution < -0.4 is 10.1 Å². The van der Waals surface area contributed by atoms with Crippen LogP contribution in [-0.4, -0.2) is 55.0 Å². The minimum atomic E-state index is -0.360. The van der Waals surface area contributed by atoms with E-state index >= 15 is 0 Å². The fraction of sp³-hybridized carbons (Fsp3) is 0.625. The van der Waals surface area contributed by atoms with Crippen LogP contribution in [0.5, 0.6) is 11.5 Å². The Morgan fingerprint density at radius 1 is 1.32 bits per heavy atom. The monoisotopic (exact) mass is 330 g/mol. The van der Waals surface area contributed by atoms with Crippen molar-refractivity contribution in [2.75, 3.05) is 39.9 Å². The number of hydrogen-bond donors (Lipinski definition) is 3. The molecule has 0 spiro atoms. The van der Waals surface area contributed by atoms with Gasteiger partial charge in [-0.2, -0.15) is 0 Å². The van der Waals surface area contributed by atoms with Gasteiger partial charge >= 0.3 is 0 Å². The van der Waals surface area contributed by atoms with Crippen LogP contribution in [0.3, 0.4) is 0 Å². The van der Waals surface area contributed by atoms with Gasteiger partial charge in [-0.15, -0.1) is 12.4 Å². The van der Waals surface area contributed by atoms with Crippen LogP contribution in [0, 0.1) is 5.41 Å². The van der Waals surface area contributed by atoms with Crippen LogP contribution >= 0.6 is 12.4 Å². The van der Waals surface area contributed by atoms with Gasteiger partial charge in [0, 0.05) is 49.8 Å². The summed E-state index contributed by atoms with van der Waals surface area (Å²) in [6, 6.07) is 5.50. The van der Waals surface area contributed by atoms with E-state index in [0.717, 1.165) is 31.7 Å². The molecule has 22 heavy (non-hydrogen) atoms. The van der Waals surface area contributed by atoms with Crippen LogP contribution in [0.2, 0.25) is 0 Å². The second kappa shape index (κ2) is 8.02. The quantitative estimate of drug-likeness (QED) is 0.768. The number of aliphatic hydroxyl groups excluding tert-OH is 1. The molecule has 1 aliphatic rings. The van der Waals surface area contributed by atoms with E-state index in [2.05, 4.69) is 10.2 Å². The molecule has 2 rings (SSSR count). The first-order valence-electron chi connectivity index (χ1n) is 7.42. The number of aliphatic hydroxyl groups is 1. The van der Waals surface area contributed by atoms with Crippen molar-refractivity contribution in [3.05, 3.63) is 23.8 Å². The maximum absolute atomic E-state index is 10.5. The summed E-state index contributed by atoms with van der Waals surface area (Å²) in [7, 11) is 1.55. The SMILES string of the molecule is COc1cccc([C@@H](N2CCNCC2)C(C)(C)CO)c1O.Cl. The summed E-state index contributed by atoms with van der Waals surface area (Å²) in [6.45, 7) is 7.73. The molecule has 1 heterocycles. The molecule has 1 atom stereocenters. The summed E-state index contributed by atoms with van der Waals surface area (Å²) in [5, 5.41) is 23.7. The van der Waals surface area contributed by atoms with E-state index in [1.165, 1.54) is 0 Å². The van der Waals surface area contributed by atoms with Crippen LogP contribution in [0.25, 0.3) is 0 Å². The Morgan fingerprint density at radius 3 is 2.50 bits per heavy atom. The van der Waals surface area contributed by atoms with E-state index in [9.17, 15) is 10.2 Å². The third-order valence-corrected chi connectivity index (χ3v) is 4.21. The maximum atomic E-state index is 10.5. The van der Waals surface area contributed by atoms with Gasteiger partial charge < -0.3 is 20.3 Å². The first kappa shape index (κ1) is 19.0. The number of para-hydroxylation sites is 1. The Kier molecular flexibility index (Phi) is 6.94. The molecule has 1 aromatic rings. The molecule has 6 heteroatoms. The zero-order valence-electron chi connectivity index (χ0n) is 13.5. The number of nitrogens with zero attached hydrogens (tertiary/aromatic N) is 1. The molecule has 0 radical (unpaired) electrons. The number of methoxy groups -OCH3 is 1. The number of nitrogens with one attached hydrogen (secondary N) is 1. The molecule has 0 aromatic heterocycles. The number of benzene rings is 1. The highest BCUT2D eigenvalue weighted by atomic mass is 35.5. The lowest BCUT2D eigenvalue weighted by Gasteiger charge is -2.43. The number of halogens is 1. The summed E-state index contributed by atoms with van der Waals surface area (Å²) < 4.78 is 5.23. The van der Waals surface area contributed by atoms with E-state index in [0.29, 0.717) is 5.75 Å². The highest BCUT2D eigenvalue weighted by Gasteiger charge is 2.37. The van der Waals surface area contributed by atoms with Gasteiger partial charge in [-0.05, 0) is 6.07 Å². The van der Waals surface area contributed by atoms with Crippen molar-refractivity contribution < 1.29 is 14.9 Å². The molecule has 1 saturated heterocycles. The fourth-order valence-corrected chi connectivity index (χ4v) is 3.06. The minimum absolute atomic E-state index is 0. The molecule has 0 aliphatic carbocycles. The number of phenols is 1. The summed E-state index contributed by atoms with van der Waals surface area (Å²) in [5.74, 6) is 0.645. The largest absolute Gasteiger partial charge is 0.504 e. The van der Waals surface area contributed by atoms with Crippen LogP contribution in [0.4, 0.5) is 0 Å². The number of rotatable bonds is 5. The Balaban J connectivity index is 0.00000242. The zero-order valence-corrected chi connectivity index (χ0v) is 14.3. The van der Waals surface area contributed by atoms with Gasteiger partial charge in [0.05, 0.1) is 7.11 Å². The summed E-state index contributed by atoms with van der Waals surface area (Å²) in [4.78, 5) is 2.32. The second-order valence-corrected chi connectivity index (χ2v) is 6.23. The summed E-state index contributed by atoms with van der Waals surface area (Å²) >= 11 is 0. The Bertz CT molecular complexity index is 476. The number of phenolic OH excluding ortho intramolecular Hbond substituents is 1. The first-order chi connectivity index (χ1) is 10.0. The third kappa shape index (κ3) is 3.84. The van der Waals surface area contributed by atoms with Crippen molar-refractivity contribution in [1.82, 2.24) is 10.2 Å². The average molecular weight is 331 g/mol. The average Bonchev–Trinajstić information content (AvgIpc) is 2.50. The molecule has 3 N–H and O–H groups in total. The molecule has 1 fully saturated rings. The van der Waals surface area contributed by atoms with E-state index in [4.69, 9.17) is 4.74 Å². The zero-order chi connectivity index (χ0) is 15.5. The van der Waals surface area contributed by atoms with Crippen molar-refractivity contribution in [1.29, 1.82) is 0 Å². The van der Waals surface area contributed by atoms with E-state index in [1.807, 2.05) is 26.0 Å². The Labute approximate surface area is 138 Å². The van der Waals surface area contributed by atoms with Crippen LogP contribution in [0.15, 0.2) is 18.2 Å². The van der Waals surface area contributed by atoms with Gasteiger partial charge in [0.2, 0.25) is 0 Å². The maximum Gasteiger partial charge on any atom is 0.162 e. The van der Waals surface area contributed by atoms with Crippen LogP contribution in [0.1, 0.15) is 25.5 Å². The van der Waals surface area contributed by atoms with E-state index < -0.39 is 0 Å². The minimum Gasteiger partial charge on any atom is -0.504 e. The van der Waals surface area contributed by atoms with Gasteiger partial charge in [0.15, 0.2) is 11.5 Å². The summed E-state index contributed by atoms with van der Waals surface area (Å²) in [5.41, 5.74) is 0.455. The van der Waals surface area contributed by atoms with Gasteiger partial charge in [0.1, 0.15) is 0 Å². The van der Waals surface area contributed by atoms with E-state index in [-0.39, 0.29) is 36.2 Å². The Hall–Kier alpha value is -1.01. The molecule has 0 amide bonds. The molecule has 1 aromatic carbocycles. The lowest BCUT2D eigenvalue weighted by molar-refractivity contribution is 0.0291. The number of ether oxygens (including phenoxy) is 1. The predicted molar refractivity (Wildman–Crippen MR) is 90.0 cm³/mol. The predicted octanol–water partition coefficient (Wildman–Crippen LogP) is 1.79. The topological polar surface area (TPSA) is 65.0 Å². The fourth-order valence-electron chi connectivity index (χ4n) is 3.06. The van der Waals surface area contributed by atoms with Crippen molar-refractivity contribution in [3.8, 4) is 11.5 Å². The summed E-state index contributed by atoms with van der Waals surface area (Å²) in [6.07, 6.45) is 0. The first-order valence-corrected chi connectivity index (χ1v) is 7.42. The molecule has 126 valence electrons. The van der Waals surface area contributed by atoms with Gasteiger partial charge in [-0.1, -0.05) is 26.0 Å². The highest BCUT2D eigenvalue weighted by Crippen LogP contribution is 2.44. The number of hydrogen-bond acceptors (Lipinski definition) is 5. The van der Waals surface area contributed by atoms with Crippen molar-refractivity contribution in [3.63, 3.8) is 0 Å². The molecule has 0 unspecified atom stereocenters. The smallest absolute Gasteiger partial charge is 0.162 e. The third-order valence-electron chi connectivity index (χ3n) is 4.21. The van der Waals surface area contributed by atoms with Gasteiger partial charge in [-0.25, -0.2) is 0 Å². The van der Waals surface area contributed by atoms with Crippen molar-refractivity contribution in [2.24, 2.45) is 5.41 Å². The lowest BCUT2D eigenvalue weighted by Crippen LogP contribution is -2.49. The molecule has 0 saturated carbocycles. The lowest BCUT2D eigenvalue weighted by atomic mass is 9.79. The van der Waals surface area contributed by atoms with Crippen LogP contribution in [-0.2, 0) is 0 Å². The second-order valence-electron chi connectivity index (χ2n) is 6.23. The molecule has 5 nitrogen and oxygen atoms in total.